The normalized spacial score (nSPS) is 12.2. The highest BCUT2D eigenvalue weighted by Gasteiger charge is 2.23. The molecular weight excluding hydrogens is 290 g/mol. The monoisotopic (exact) mass is 317 g/mol. The third-order valence-corrected chi connectivity index (χ3v) is 4.94. The van der Waals surface area contributed by atoms with Crippen molar-refractivity contribution in [2.24, 2.45) is 0 Å². The standard InChI is InChI=1S/C13H27N5O2S/c1-5-8-18(6-2)9-7-15-21(19,20)13-11(3)16-17-12(13)10-14-4/h14-15H,5-10H2,1-4H3,(H,16,17). The first-order chi connectivity index (χ1) is 9.96. The Hall–Kier alpha value is -0.960. The number of likely N-dealkylation sites (N-methyl/N-ethyl adjacent to an activating group) is 1. The van der Waals surface area contributed by atoms with Crippen molar-refractivity contribution >= 4 is 10.0 Å². The number of rotatable bonds is 10. The molecule has 1 rings (SSSR count). The van der Waals surface area contributed by atoms with Crippen molar-refractivity contribution in [3.63, 3.8) is 0 Å². The van der Waals surface area contributed by atoms with Gasteiger partial charge in [-0.2, -0.15) is 5.10 Å². The van der Waals surface area contributed by atoms with Crippen LogP contribution < -0.4 is 10.0 Å². The second-order valence-corrected chi connectivity index (χ2v) is 6.69. The fourth-order valence-corrected chi connectivity index (χ4v) is 3.65. The van der Waals surface area contributed by atoms with E-state index in [2.05, 4.69) is 39.0 Å². The minimum atomic E-state index is -3.53. The number of sulfonamides is 1. The molecule has 0 aliphatic heterocycles. The van der Waals surface area contributed by atoms with Gasteiger partial charge in [0.2, 0.25) is 10.0 Å². The first kappa shape index (κ1) is 18.1. The van der Waals surface area contributed by atoms with Gasteiger partial charge >= 0.3 is 0 Å². The highest BCUT2D eigenvalue weighted by Crippen LogP contribution is 2.17. The Labute approximate surface area is 127 Å². The summed E-state index contributed by atoms with van der Waals surface area (Å²) in [4.78, 5) is 2.48. The zero-order chi connectivity index (χ0) is 15.9. The van der Waals surface area contributed by atoms with E-state index in [1.807, 2.05) is 0 Å². The Morgan fingerprint density at radius 2 is 2.00 bits per heavy atom. The van der Waals surface area contributed by atoms with Crippen LogP contribution in [0.1, 0.15) is 31.7 Å². The van der Waals surface area contributed by atoms with Gasteiger partial charge in [0.25, 0.3) is 0 Å². The molecule has 8 heteroatoms. The maximum Gasteiger partial charge on any atom is 0.244 e. The van der Waals surface area contributed by atoms with E-state index in [1.165, 1.54) is 0 Å². The van der Waals surface area contributed by atoms with E-state index in [1.54, 1.807) is 14.0 Å². The van der Waals surface area contributed by atoms with Crippen LogP contribution in [0.15, 0.2) is 4.90 Å². The molecule has 1 heterocycles. The summed E-state index contributed by atoms with van der Waals surface area (Å²) >= 11 is 0. The van der Waals surface area contributed by atoms with Crippen molar-refractivity contribution in [3.05, 3.63) is 11.4 Å². The minimum absolute atomic E-state index is 0.260. The number of aromatic amines is 1. The second-order valence-electron chi connectivity index (χ2n) is 4.99. The third kappa shape index (κ3) is 5.06. The molecule has 21 heavy (non-hydrogen) atoms. The van der Waals surface area contributed by atoms with E-state index in [0.717, 1.165) is 19.5 Å². The van der Waals surface area contributed by atoms with Gasteiger partial charge in [-0.15, -0.1) is 0 Å². The van der Waals surface area contributed by atoms with Crippen molar-refractivity contribution in [2.75, 3.05) is 33.2 Å². The van der Waals surface area contributed by atoms with Gasteiger partial charge in [-0.3, -0.25) is 5.10 Å². The first-order valence-electron chi connectivity index (χ1n) is 7.36. The fourth-order valence-electron chi connectivity index (χ4n) is 2.27. The Bertz CT molecular complexity index is 527. The molecule has 0 aliphatic carbocycles. The van der Waals surface area contributed by atoms with Crippen molar-refractivity contribution in [1.82, 2.24) is 25.1 Å². The SMILES string of the molecule is CCCN(CC)CCNS(=O)(=O)c1c(CNC)n[nH]c1C. The Morgan fingerprint density at radius 3 is 2.57 bits per heavy atom. The summed E-state index contributed by atoms with van der Waals surface area (Å²) in [6.45, 7) is 9.34. The topological polar surface area (TPSA) is 90.1 Å². The maximum atomic E-state index is 12.4. The molecule has 0 radical (unpaired) electrons. The summed E-state index contributed by atoms with van der Waals surface area (Å²) in [5, 5.41) is 9.71. The average Bonchev–Trinajstić information content (AvgIpc) is 2.80. The van der Waals surface area contributed by atoms with Crippen LogP contribution in [0.3, 0.4) is 0 Å². The molecule has 7 nitrogen and oxygen atoms in total. The molecule has 0 aliphatic rings. The number of aryl methyl sites for hydroxylation is 1. The van der Waals surface area contributed by atoms with Gasteiger partial charge in [0, 0.05) is 19.6 Å². The summed E-state index contributed by atoms with van der Waals surface area (Å²) < 4.78 is 27.5. The van der Waals surface area contributed by atoms with Crippen molar-refractivity contribution in [3.8, 4) is 0 Å². The Kier molecular flexibility index (Phi) is 7.30. The highest BCUT2D eigenvalue weighted by molar-refractivity contribution is 7.89. The predicted molar refractivity (Wildman–Crippen MR) is 83.7 cm³/mol. The quantitative estimate of drug-likeness (QED) is 0.583. The molecule has 0 spiro atoms. The fraction of sp³-hybridized carbons (Fsp3) is 0.769. The molecule has 0 fully saturated rings. The zero-order valence-electron chi connectivity index (χ0n) is 13.4. The predicted octanol–water partition coefficient (Wildman–Crippen LogP) is 0.448. The maximum absolute atomic E-state index is 12.4. The largest absolute Gasteiger partial charge is 0.314 e. The van der Waals surface area contributed by atoms with E-state index in [0.29, 0.717) is 31.0 Å². The Morgan fingerprint density at radius 1 is 1.29 bits per heavy atom. The van der Waals surface area contributed by atoms with Crippen molar-refractivity contribution in [2.45, 2.75) is 38.6 Å². The molecule has 0 saturated heterocycles. The molecule has 122 valence electrons. The summed E-state index contributed by atoms with van der Waals surface area (Å²) in [5.74, 6) is 0. The summed E-state index contributed by atoms with van der Waals surface area (Å²) in [6.07, 6.45) is 1.06. The van der Waals surface area contributed by atoms with Crippen LogP contribution >= 0.6 is 0 Å². The van der Waals surface area contributed by atoms with Crippen LogP contribution in [0.25, 0.3) is 0 Å². The van der Waals surface area contributed by atoms with Gasteiger partial charge in [0.05, 0.1) is 11.4 Å². The van der Waals surface area contributed by atoms with Gasteiger partial charge in [-0.25, -0.2) is 13.1 Å². The van der Waals surface area contributed by atoms with E-state index in [4.69, 9.17) is 0 Å². The number of H-pyrrole nitrogens is 1. The summed E-state index contributed by atoms with van der Waals surface area (Å²) in [5.41, 5.74) is 1.08. The van der Waals surface area contributed by atoms with Gasteiger partial charge < -0.3 is 10.2 Å². The lowest BCUT2D eigenvalue weighted by atomic mass is 10.4. The van der Waals surface area contributed by atoms with E-state index in [9.17, 15) is 8.42 Å². The van der Waals surface area contributed by atoms with E-state index in [-0.39, 0.29) is 4.90 Å². The smallest absolute Gasteiger partial charge is 0.244 e. The Balaban J connectivity index is 2.71. The van der Waals surface area contributed by atoms with Crippen LogP contribution in [0.4, 0.5) is 0 Å². The number of nitrogens with one attached hydrogen (secondary N) is 3. The molecule has 1 aromatic heterocycles. The molecular formula is C13H27N5O2S. The summed E-state index contributed by atoms with van der Waals surface area (Å²) in [6, 6.07) is 0. The minimum Gasteiger partial charge on any atom is -0.314 e. The van der Waals surface area contributed by atoms with Gasteiger partial charge in [-0.1, -0.05) is 13.8 Å². The molecule has 3 N–H and O–H groups in total. The van der Waals surface area contributed by atoms with Crippen molar-refractivity contribution < 1.29 is 8.42 Å². The molecule has 0 saturated carbocycles. The lowest BCUT2D eigenvalue weighted by Gasteiger charge is -2.19. The van der Waals surface area contributed by atoms with E-state index >= 15 is 0 Å². The number of hydrogen-bond acceptors (Lipinski definition) is 5. The molecule has 0 amide bonds. The first-order valence-corrected chi connectivity index (χ1v) is 8.85. The molecule has 0 atom stereocenters. The number of aromatic nitrogens is 2. The van der Waals surface area contributed by atoms with Crippen LogP contribution in [0, 0.1) is 6.92 Å². The van der Waals surface area contributed by atoms with Gasteiger partial charge in [0.15, 0.2) is 0 Å². The second kappa shape index (κ2) is 8.47. The number of nitrogens with zero attached hydrogens (tertiary/aromatic N) is 2. The van der Waals surface area contributed by atoms with Gasteiger partial charge in [0.1, 0.15) is 4.90 Å². The van der Waals surface area contributed by atoms with Crippen LogP contribution in [0.5, 0.6) is 0 Å². The van der Waals surface area contributed by atoms with E-state index < -0.39 is 10.0 Å². The summed E-state index contributed by atoms with van der Waals surface area (Å²) in [7, 11) is -1.77. The van der Waals surface area contributed by atoms with Gasteiger partial charge in [-0.05, 0) is 33.5 Å². The van der Waals surface area contributed by atoms with Crippen LogP contribution in [-0.4, -0.2) is 56.7 Å². The molecule has 1 aromatic rings. The molecule has 0 bridgehead atoms. The lowest BCUT2D eigenvalue weighted by Crippen LogP contribution is -2.35. The number of hydrogen-bond donors (Lipinski definition) is 3. The molecule has 0 aromatic carbocycles. The van der Waals surface area contributed by atoms with Crippen LogP contribution in [0.2, 0.25) is 0 Å². The van der Waals surface area contributed by atoms with Crippen LogP contribution in [-0.2, 0) is 16.6 Å². The zero-order valence-corrected chi connectivity index (χ0v) is 14.2. The molecule has 0 unspecified atom stereocenters. The third-order valence-electron chi connectivity index (χ3n) is 3.28. The highest BCUT2D eigenvalue weighted by atomic mass is 32.2. The average molecular weight is 317 g/mol. The van der Waals surface area contributed by atoms with Crippen molar-refractivity contribution in [1.29, 1.82) is 0 Å². The lowest BCUT2D eigenvalue weighted by molar-refractivity contribution is 0.293.